The maximum Gasteiger partial charge on any atom is 0.240 e. The third-order valence-corrected chi connectivity index (χ3v) is 5.10. The predicted octanol–water partition coefficient (Wildman–Crippen LogP) is 2.55. The van der Waals surface area contributed by atoms with Crippen molar-refractivity contribution in [3.63, 3.8) is 0 Å². The van der Waals surface area contributed by atoms with E-state index in [9.17, 15) is 8.42 Å². The van der Waals surface area contributed by atoms with Gasteiger partial charge in [-0.3, -0.25) is 0 Å². The predicted molar refractivity (Wildman–Crippen MR) is 74.8 cm³/mol. The molecule has 0 aromatic heterocycles. The highest BCUT2D eigenvalue weighted by Gasteiger charge is 2.18. The Bertz CT molecular complexity index is 490. The van der Waals surface area contributed by atoms with Crippen LogP contribution in [-0.4, -0.2) is 22.1 Å². The first kappa shape index (κ1) is 14.3. The molecule has 0 unspecified atom stereocenters. The number of hydrogen-bond acceptors (Lipinski definition) is 3. The Hall–Kier alpha value is -1.07. The van der Waals surface area contributed by atoms with Crippen molar-refractivity contribution in [2.75, 3.05) is 13.7 Å². The van der Waals surface area contributed by atoms with Crippen LogP contribution in [0.3, 0.4) is 0 Å². The standard InChI is InChI=1S/C14H21NO3S/c1-18-13-7-9-14(10-8-13)19(16,17)15-11-12-5-3-2-4-6-12/h7-10,12,15H,2-6,11H2,1H3. The maximum absolute atomic E-state index is 12.1. The van der Waals surface area contributed by atoms with Crippen molar-refractivity contribution in [2.45, 2.75) is 37.0 Å². The minimum absolute atomic E-state index is 0.295. The molecule has 1 aliphatic carbocycles. The largest absolute Gasteiger partial charge is 0.497 e. The van der Waals surface area contributed by atoms with Crippen molar-refractivity contribution < 1.29 is 13.2 Å². The van der Waals surface area contributed by atoms with Crippen LogP contribution in [0.1, 0.15) is 32.1 Å². The van der Waals surface area contributed by atoms with E-state index >= 15 is 0 Å². The Morgan fingerprint density at radius 2 is 1.79 bits per heavy atom. The number of methoxy groups -OCH3 is 1. The lowest BCUT2D eigenvalue weighted by molar-refractivity contribution is 0.357. The van der Waals surface area contributed by atoms with Crippen molar-refractivity contribution in [1.29, 1.82) is 0 Å². The van der Waals surface area contributed by atoms with Crippen LogP contribution in [0.2, 0.25) is 0 Å². The van der Waals surface area contributed by atoms with E-state index in [1.165, 1.54) is 19.3 Å². The van der Waals surface area contributed by atoms with Gasteiger partial charge in [-0.05, 0) is 43.0 Å². The quantitative estimate of drug-likeness (QED) is 0.903. The Morgan fingerprint density at radius 3 is 2.37 bits per heavy atom. The number of sulfonamides is 1. The van der Waals surface area contributed by atoms with Gasteiger partial charge in [-0.1, -0.05) is 19.3 Å². The van der Waals surface area contributed by atoms with E-state index in [2.05, 4.69) is 4.72 Å². The molecule has 0 heterocycles. The first-order valence-corrected chi connectivity index (χ1v) is 8.24. The van der Waals surface area contributed by atoms with Crippen LogP contribution in [0, 0.1) is 5.92 Å². The average molecular weight is 283 g/mol. The van der Waals surface area contributed by atoms with Gasteiger partial charge >= 0.3 is 0 Å². The van der Waals surface area contributed by atoms with Gasteiger partial charge in [-0.25, -0.2) is 13.1 Å². The molecule has 1 saturated carbocycles. The molecule has 1 N–H and O–H groups in total. The highest BCUT2D eigenvalue weighted by Crippen LogP contribution is 2.23. The van der Waals surface area contributed by atoms with E-state index in [0.717, 1.165) is 12.8 Å². The number of ether oxygens (including phenoxy) is 1. The molecule has 1 aromatic carbocycles. The Labute approximate surface area is 115 Å². The Morgan fingerprint density at radius 1 is 1.16 bits per heavy atom. The fourth-order valence-electron chi connectivity index (χ4n) is 2.46. The summed E-state index contributed by atoms with van der Waals surface area (Å²) >= 11 is 0. The minimum atomic E-state index is -3.39. The molecule has 0 saturated heterocycles. The van der Waals surface area contributed by atoms with Crippen molar-refractivity contribution in [3.8, 4) is 5.75 Å². The summed E-state index contributed by atoms with van der Waals surface area (Å²) < 4.78 is 32.0. The molecule has 0 aliphatic heterocycles. The van der Waals surface area contributed by atoms with Crippen molar-refractivity contribution in [3.05, 3.63) is 24.3 Å². The molecule has 0 spiro atoms. The molecule has 106 valence electrons. The molecule has 0 atom stereocenters. The summed E-state index contributed by atoms with van der Waals surface area (Å²) in [5.74, 6) is 1.15. The zero-order valence-corrected chi connectivity index (χ0v) is 12.1. The fraction of sp³-hybridized carbons (Fsp3) is 0.571. The summed E-state index contributed by atoms with van der Waals surface area (Å²) in [5.41, 5.74) is 0. The summed E-state index contributed by atoms with van der Waals surface area (Å²) in [6.45, 7) is 0.550. The Kier molecular flexibility index (Phi) is 4.82. The smallest absolute Gasteiger partial charge is 0.240 e. The zero-order valence-electron chi connectivity index (χ0n) is 11.3. The van der Waals surface area contributed by atoms with E-state index in [-0.39, 0.29) is 0 Å². The number of nitrogens with one attached hydrogen (secondary N) is 1. The second kappa shape index (κ2) is 6.39. The molecule has 1 fully saturated rings. The first-order valence-electron chi connectivity index (χ1n) is 6.75. The minimum Gasteiger partial charge on any atom is -0.497 e. The second-order valence-corrected chi connectivity index (χ2v) is 6.80. The van der Waals surface area contributed by atoms with Gasteiger partial charge in [0.1, 0.15) is 5.75 Å². The lowest BCUT2D eigenvalue weighted by atomic mass is 9.90. The van der Waals surface area contributed by atoms with E-state index in [0.29, 0.717) is 23.1 Å². The summed E-state index contributed by atoms with van der Waals surface area (Å²) in [6.07, 6.45) is 5.97. The summed E-state index contributed by atoms with van der Waals surface area (Å²) in [5, 5.41) is 0. The van der Waals surface area contributed by atoms with Crippen molar-refractivity contribution in [2.24, 2.45) is 5.92 Å². The lowest BCUT2D eigenvalue weighted by Crippen LogP contribution is -2.30. The highest BCUT2D eigenvalue weighted by atomic mass is 32.2. The van der Waals surface area contributed by atoms with E-state index in [1.807, 2.05) is 0 Å². The molecular formula is C14H21NO3S. The van der Waals surface area contributed by atoms with Crippen LogP contribution in [0.4, 0.5) is 0 Å². The van der Waals surface area contributed by atoms with Gasteiger partial charge in [-0.15, -0.1) is 0 Å². The van der Waals surface area contributed by atoms with Gasteiger partial charge in [-0.2, -0.15) is 0 Å². The summed E-state index contributed by atoms with van der Waals surface area (Å²) in [7, 11) is -1.83. The third-order valence-electron chi connectivity index (χ3n) is 3.66. The first-order chi connectivity index (χ1) is 9.12. The van der Waals surface area contributed by atoms with E-state index in [4.69, 9.17) is 4.74 Å². The molecule has 1 aliphatic rings. The second-order valence-electron chi connectivity index (χ2n) is 5.03. The lowest BCUT2D eigenvalue weighted by Gasteiger charge is -2.21. The third kappa shape index (κ3) is 3.94. The monoisotopic (exact) mass is 283 g/mol. The van der Waals surface area contributed by atoms with Gasteiger partial charge < -0.3 is 4.74 Å². The molecule has 2 rings (SSSR count). The van der Waals surface area contributed by atoms with Gasteiger partial charge in [0.25, 0.3) is 0 Å². The van der Waals surface area contributed by atoms with Crippen LogP contribution in [0.15, 0.2) is 29.2 Å². The highest BCUT2D eigenvalue weighted by molar-refractivity contribution is 7.89. The fourth-order valence-corrected chi connectivity index (χ4v) is 3.57. The molecule has 4 nitrogen and oxygen atoms in total. The Balaban J connectivity index is 1.96. The van der Waals surface area contributed by atoms with Crippen LogP contribution in [0.25, 0.3) is 0 Å². The normalized spacial score (nSPS) is 17.3. The van der Waals surface area contributed by atoms with Crippen molar-refractivity contribution >= 4 is 10.0 Å². The molecule has 19 heavy (non-hydrogen) atoms. The molecular weight excluding hydrogens is 262 g/mol. The summed E-state index contributed by atoms with van der Waals surface area (Å²) in [4.78, 5) is 0.295. The molecule has 0 bridgehead atoms. The SMILES string of the molecule is COc1ccc(S(=O)(=O)NCC2CCCCC2)cc1. The molecule has 0 radical (unpaired) electrons. The number of rotatable bonds is 5. The number of benzene rings is 1. The van der Waals surface area contributed by atoms with Crippen LogP contribution >= 0.6 is 0 Å². The molecule has 5 heteroatoms. The van der Waals surface area contributed by atoms with Crippen molar-refractivity contribution in [1.82, 2.24) is 4.72 Å². The van der Waals surface area contributed by atoms with Crippen LogP contribution < -0.4 is 9.46 Å². The zero-order chi connectivity index (χ0) is 13.7. The number of hydrogen-bond donors (Lipinski definition) is 1. The van der Waals surface area contributed by atoms with Gasteiger partial charge in [0, 0.05) is 6.54 Å². The van der Waals surface area contributed by atoms with Crippen LogP contribution in [-0.2, 0) is 10.0 Å². The van der Waals surface area contributed by atoms with E-state index < -0.39 is 10.0 Å². The average Bonchev–Trinajstić information content (AvgIpc) is 2.46. The van der Waals surface area contributed by atoms with Gasteiger partial charge in [0.15, 0.2) is 0 Å². The topological polar surface area (TPSA) is 55.4 Å². The molecule has 0 amide bonds. The van der Waals surface area contributed by atoms with Gasteiger partial charge in [0.05, 0.1) is 12.0 Å². The van der Waals surface area contributed by atoms with Gasteiger partial charge in [0.2, 0.25) is 10.0 Å². The van der Waals surface area contributed by atoms with E-state index in [1.54, 1.807) is 31.4 Å². The molecule has 1 aromatic rings. The summed E-state index contributed by atoms with van der Waals surface area (Å²) in [6, 6.07) is 6.47. The maximum atomic E-state index is 12.1. The van der Waals surface area contributed by atoms with Crippen LogP contribution in [0.5, 0.6) is 5.75 Å².